The van der Waals surface area contributed by atoms with Crippen LogP contribution in [-0.2, 0) is 4.79 Å². The molecular weight excluding hydrogens is 486 g/mol. The molecule has 0 aromatic heterocycles. The van der Waals surface area contributed by atoms with Crippen LogP contribution in [0.1, 0.15) is 25.7 Å². The number of ether oxygens (including phenoxy) is 1. The van der Waals surface area contributed by atoms with Crippen molar-refractivity contribution in [2.45, 2.75) is 43.9 Å². The first-order valence-electron chi connectivity index (χ1n) is 12.1. The molecule has 12 heteroatoms. The number of nitrogens with zero attached hydrogens (tertiary/aromatic N) is 2. The summed E-state index contributed by atoms with van der Waals surface area (Å²) in [5.41, 5.74) is 6.19. The lowest BCUT2D eigenvalue weighted by Gasteiger charge is -2.32. The van der Waals surface area contributed by atoms with Crippen molar-refractivity contribution >= 4 is 29.3 Å². The van der Waals surface area contributed by atoms with Crippen LogP contribution in [0.4, 0.5) is 29.7 Å². The fourth-order valence-electron chi connectivity index (χ4n) is 4.52. The summed E-state index contributed by atoms with van der Waals surface area (Å²) in [6.45, 7) is 0.0905. The molecule has 0 radical (unpaired) electrons. The van der Waals surface area contributed by atoms with E-state index in [1.54, 1.807) is 24.3 Å². The first kappa shape index (κ1) is 26.1. The summed E-state index contributed by atoms with van der Waals surface area (Å²) in [5.74, 6) is -1.67. The molecule has 1 saturated carbocycles. The van der Waals surface area contributed by atoms with Gasteiger partial charge >= 0.3 is 12.1 Å². The van der Waals surface area contributed by atoms with Crippen LogP contribution in [0, 0.1) is 11.6 Å². The van der Waals surface area contributed by atoms with Gasteiger partial charge in [-0.15, -0.1) is 0 Å². The minimum Gasteiger partial charge on any atom is -0.497 e. The molecule has 5 amide bonds. The predicted molar refractivity (Wildman–Crippen MR) is 133 cm³/mol. The van der Waals surface area contributed by atoms with Crippen LogP contribution >= 0.6 is 0 Å². The normalized spacial score (nSPS) is 21.4. The maximum atomic E-state index is 14.1. The topological polar surface area (TPSA) is 129 Å². The van der Waals surface area contributed by atoms with Crippen molar-refractivity contribution in [3.05, 3.63) is 54.1 Å². The van der Waals surface area contributed by atoms with Gasteiger partial charge in [0.25, 0.3) is 5.91 Å². The summed E-state index contributed by atoms with van der Waals surface area (Å²) in [4.78, 5) is 42.0. The molecule has 0 bridgehead atoms. The van der Waals surface area contributed by atoms with E-state index in [9.17, 15) is 23.2 Å². The van der Waals surface area contributed by atoms with Crippen molar-refractivity contribution < 1.29 is 27.9 Å². The predicted octanol–water partition coefficient (Wildman–Crippen LogP) is 3.07. The van der Waals surface area contributed by atoms with Crippen molar-refractivity contribution in [2.24, 2.45) is 5.73 Å². The molecule has 4 rings (SSSR count). The number of anilines is 2. The Balaban J connectivity index is 1.52. The Kier molecular flexibility index (Phi) is 8.07. The Bertz CT molecular complexity index is 1140. The van der Waals surface area contributed by atoms with Crippen LogP contribution in [0.3, 0.4) is 0 Å². The zero-order chi connectivity index (χ0) is 26.5. The van der Waals surface area contributed by atoms with Crippen LogP contribution in [0.25, 0.3) is 0 Å². The van der Waals surface area contributed by atoms with E-state index in [0.717, 1.165) is 29.9 Å². The third kappa shape index (κ3) is 6.26. The van der Waals surface area contributed by atoms with Crippen LogP contribution in [0.2, 0.25) is 0 Å². The summed E-state index contributed by atoms with van der Waals surface area (Å²) in [6.07, 6.45) is 1.60. The SMILES string of the molecule is COc1ccc(NC(=O)N2CCN(C(=O)Nc3ccc(F)cc3F)C2C(=O)NC2CCC(N)CC2)cc1. The van der Waals surface area contributed by atoms with Gasteiger partial charge in [0.05, 0.1) is 12.8 Å². The van der Waals surface area contributed by atoms with Gasteiger partial charge in [0.1, 0.15) is 17.4 Å². The van der Waals surface area contributed by atoms with Gasteiger partial charge in [-0.25, -0.2) is 18.4 Å². The smallest absolute Gasteiger partial charge is 0.324 e. The third-order valence-corrected chi connectivity index (χ3v) is 6.56. The van der Waals surface area contributed by atoms with E-state index < -0.39 is 35.8 Å². The molecule has 10 nitrogen and oxygen atoms in total. The number of rotatable bonds is 5. The Labute approximate surface area is 213 Å². The second-order valence-corrected chi connectivity index (χ2v) is 9.09. The number of carbonyl (C=O) groups is 3. The summed E-state index contributed by atoms with van der Waals surface area (Å²) < 4.78 is 32.6. The van der Waals surface area contributed by atoms with Crippen molar-refractivity contribution in [2.75, 3.05) is 30.8 Å². The highest BCUT2D eigenvalue weighted by molar-refractivity contribution is 5.98. The van der Waals surface area contributed by atoms with E-state index in [2.05, 4.69) is 16.0 Å². The molecule has 198 valence electrons. The van der Waals surface area contributed by atoms with Crippen LogP contribution in [0.5, 0.6) is 5.75 Å². The highest BCUT2D eigenvalue weighted by Gasteiger charge is 2.43. The lowest BCUT2D eigenvalue weighted by Crippen LogP contribution is -2.57. The molecule has 2 fully saturated rings. The van der Waals surface area contributed by atoms with Gasteiger partial charge in [0, 0.05) is 36.9 Å². The zero-order valence-electron chi connectivity index (χ0n) is 20.4. The van der Waals surface area contributed by atoms with Gasteiger partial charge in [0.2, 0.25) is 0 Å². The zero-order valence-corrected chi connectivity index (χ0v) is 20.4. The monoisotopic (exact) mass is 516 g/mol. The third-order valence-electron chi connectivity index (χ3n) is 6.56. The van der Waals surface area contributed by atoms with Crippen molar-refractivity contribution in [3.63, 3.8) is 0 Å². The van der Waals surface area contributed by atoms with E-state index in [1.807, 2.05) is 0 Å². The summed E-state index contributed by atoms with van der Waals surface area (Å²) >= 11 is 0. The molecular formula is C25H30F2N6O4. The highest BCUT2D eigenvalue weighted by Crippen LogP contribution is 2.23. The van der Waals surface area contributed by atoms with Crippen molar-refractivity contribution in [1.82, 2.24) is 15.1 Å². The molecule has 1 atom stereocenters. The Morgan fingerprint density at radius 1 is 0.919 bits per heavy atom. The fourth-order valence-corrected chi connectivity index (χ4v) is 4.52. The average molecular weight is 517 g/mol. The molecule has 1 heterocycles. The van der Waals surface area contributed by atoms with Crippen molar-refractivity contribution in [1.29, 1.82) is 0 Å². The number of nitrogens with two attached hydrogens (primary N) is 1. The molecule has 2 aromatic rings. The second kappa shape index (κ2) is 11.4. The number of carbonyl (C=O) groups excluding carboxylic acids is 3. The van der Waals surface area contributed by atoms with Gasteiger partial charge in [-0.05, 0) is 62.1 Å². The molecule has 1 aliphatic heterocycles. The van der Waals surface area contributed by atoms with Crippen LogP contribution < -0.4 is 26.4 Å². The fraction of sp³-hybridized carbons (Fsp3) is 0.400. The van der Waals surface area contributed by atoms with Crippen LogP contribution in [-0.4, -0.2) is 66.2 Å². The Hall–Kier alpha value is -3.93. The molecule has 0 spiro atoms. The molecule has 5 N–H and O–H groups in total. The summed E-state index contributed by atoms with van der Waals surface area (Å²) in [7, 11) is 1.53. The molecule has 1 saturated heterocycles. The molecule has 37 heavy (non-hydrogen) atoms. The molecule has 2 aliphatic rings. The van der Waals surface area contributed by atoms with E-state index in [0.29, 0.717) is 30.3 Å². The number of urea groups is 2. The maximum Gasteiger partial charge on any atom is 0.324 e. The standard InChI is InChI=1S/C25H30F2N6O4/c1-37-19-9-7-18(8-10-19)30-24(35)32-12-13-33(25(36)31-21-11-2-15(26)14-20(21)27)23(32)22(34)29-17-5-3-16(28)4-6-17/h2,7-11,14,16-17,23H,3-6,12-13,28H2,1H3,(H,29,34)(H,30,35)(H,31,36). The Morgan fingerprint density at radius 2 is 1.54 bits per heavy atom. The average Bonchev–Trinajstić information content (AvgIpc) is 3.33. The maximum absolute atomic E-state index is 14.1. The highest BCUT2D eigenvalue weighted by atomic mass is 19.1. The summed E-state index contributed by atoms with van der Waals surface area (Å²) in [6, 6.07) is 7.95. The van der Waals surface area contributed by atoms with Gasteiger partial charge in [-0.1, -0.05) is 0 Å². The first-order valence-corrected chi connectivity index (χ1v) is 12.1. The second-order valence-electron chi connectivity index (χ2n) is 9.09. The summed E-state index contributed by atoms with van der Waals surface area (Å²) in [5, 5.41) is 8.04. The van der Waals surface area contributed by atoms with Crippen molar-refractivity contribution in [3.8, 4) is 5.75 Å². The first-order chi connectivity index (χ1) is 17.7. The molecule has 2 aromatic carbocycles. The van der Waals surface area contributed by atoms with E-state index in [4.69, 9.17) is 10.5 Å². The number of benzene rings is 2. The quantitative estimate of drug-likeness (QED) is 0.486. The number of amides is 5. The molecule has 1 unspecified atom stereocenters. The van der Waals surface area contributed by atoms with E-state index in [-0.39, 0.29) is 30.9 Å². The van der Waals surface area contributed by atoms with Gasteiger partial charge in [0.15, 0.2) is 6.17 Å². The van der Waals surface area contributed by atoms with Gasteiger partial charge in [-0.2, -0.15) is 0 Å². The minimum atomic E-state index is -1.28. The number of halogens is 2. The largest absolute Gasteiger partial charge is 0.497 e. The number of hydrogen-bond donors (Lipinski definition) is 4. The number of hydrogen-bond acceptors (Lipinski definition) is 5. The van der Waals surface area contributed by atoms with Gasteiger partial charge in [-0.3, -0.25) is 14.6 Å². The number of methoxy groups -OCH3 is 1. The number of nitrogens with one attached hydrogen (secondary N) is 3. The minimum absolute atomic E-state index is 0.0261. The van der Waals surface area contributed by atoms with E-state index >= 15 is 0 Å². The van der Waals surface area contributed by atoms with Crippen LogP contribution in [0.15, 0.2) is 42.5 Å². The van der Waals surface area contributed by atoms with Gasteiger partial charge < -0.3 is 26.4 Å². The van der Waals surface area contributed by atoms with E-state index in [1.165, 1.54) is 12.0 Å². The lowest BCUT2D eigenvalue weighted by atomic mass is 9.92. The lowest BCUT2D eigenvalue weighted by molar-refractivity contribution is -0.128. The molecule has 1 aliphatic carbocycles. The Morgan fingerprint density at radius 3 is 2.14 bits per heavy atom.